The van der Waals surface area contributed by atoms with Crippen LogP contribution < -0.4 is 16.4 Å². The minimum atomic E-state index is -0.248. The number of nitrogens with two attached hydrogens (primary N) is 1. The van der Waals surface area contributed by atoms with E-state index in [0.29, 0.717) is 17.9 Å². The molecule has 4 N–H and O–H groups in total. The van der Waals surface area contributed by atoms with Crippen molar-refractivity contribution in [2.24, 2.45) is 0 Å². The van der Waals surface area contributed by atoms with Gasteiger partial charge in [0.2, 0.25) is 5.91 Å². The Balaban J connectivity index is 1.54. The summed E-state index contributed by atoms with van der Waals surface area (Å²) < 4.78 is 0. The molecule has 0 unspecified atom stereocenters. The predicted molar refractivity (Wildman–Crippen MR) is 104 cm³/mol. The van der Waals surface area contributed by atoms with Crippen LogP contribution in [0, 0.1) is 0 Å². The molecule has 1 amide bonds. The molecule has 0 aliphatic carbocycles. The maximum absolute atomic E-state index is 12.0. The van der Waals surface area contributed by atoms with Gasteiger partial charge in [-0.05, 0) is 47.5 Å². The van der Waals surface area contributed by atoms with Crippen LogP contribution in [0.15, 0.2) is 73.2 Å². The molecule has 0 radical (unpaired) electrons. The Morgan fingerprint density at radius 3 is 2.69 bits per heavy atom. The standard InChI is InChI=1S/C20H19N5O/c21-17-5-1-2-6-18(17)25-20(26)10-8-15-7-9-19(23-13-15)24-14-16-4-3-11-22-12-16/h1-13H,14,21H2,(H,23,24)(H,25,26)/b10-8+. The quantitative estimate of drug-likeness (QED) is 0.471. The highest BCUT2D eigenvalue weighted by molar-refractivity contribution is 6.03. The van der Waals surface area contributed by atoms with E-state index in [1.165, 1.54) is 6.08 Å². The summed E-state index contributed by atoms with van der Waals surface area (Å²) in [6.45, 7) is 0.650. The second-order valence-electron chi connectivity index (χ2n) is 5.60. The van der Waals surface area contributed by atoms with Gasteiger partial charge in [-0.2, -0.15) is 0 Å². The summed E-state index contributed by atoms with van der Waals surface area (Å²) >= 11 is 0. The fraction of sp³-hybridized carbons (Fsp3) is 0.0500. The fourth-order valence-corrected chi connectivity index (χ4v) is 2.26. The molecule has 0 atom stereocenters. The van der Waals surface area contributed by atoms with Crippen molar-refractivity contribution in [2.45, 2.75) is 6.54 Å². The summed E-state index contributed by atoms with van der Waals surface area (Å²) in [5, 5.41) is 5.96. The number of amides is 1. The van der Waals surface area contributed by atoms with E-state index in [4.69, 9.17) is 5.73 Å². The fourth-order valence-electron chi connectivity index (χ4n) is 2.26. The maximum Gasteiger partial charge on any atom is 0.248 e. The predicted octanol–water partition coefficient (Wildman–Crippen LogP) is 3.32. The van der Waals surface area contributed by atoms with E-state index in [9.17, 15) is 4.79 Å². The molecule has 26 heavy (non-hydrogen) atoms. The minimum absolute atomic E-state index is 0.248. The molecule has 2 aromatic heterocycles. The third-order valence-electron chi connectivity index (χ3n) is 3.63. The molecule has 0 aliphatic rings. The van der Waals surface area contributed by atoms with E-state index < -0.39 is 0 Å². The van der Waals surface area contributed by atoms with Crippen LogP contribution in [0.1, 0.15) is 11.1 Å². The number of anilines is 3. The number of benzene rings is 1. The number of nitrogen functional groups attached to an aromatic ring is 1. The van der Waals surface area contributed by atoms with E-state index in [1.807, 2.05) is 42.6 Å². The first kappa shape index (κ1) is 17.2. The van der Waals surface area contributed by atoms with Gasteiger partial charge in [-0.3, -0.25) is 9.78 Å². The van der Waals surface area contributed by atoms with Crippen LogP contribution in [0.5, 0.6) is 0 Å². The molecule has 1 aromatic carbocycles. The highest BCUT2D eigenvalue weighted by Gasteiger charge is 2.01. The summed E-state index contributed by atoms with van der Waals surface area (Å²) in [7, 11) is 0. The number of hydrogen-bond acceptors (Lipinski definition) is 5. The average molecular weight is 345 g/mol. The van der Waals surface area contributed by atoms with Gasteiger partial charge in [-0.25, -0.2) is 4.98 Å². The lowest BCUT2D eigenvalue weighted by Gasteiger charge is -2.06. The largest absolute Gasteiger partial charge is 0.397 e. The molecule has 0 saturated carbocycles. The Bertz CT molecular complexity index is 892. The first-order valence-corrected chi connectivity index (χ1v) is 8.13. The smallest absolute Gasteiger partial charge is 0.248 e. The topological polar surface area (TPSA) is 92.9 Å². The molecule has 2 heterocycles. The van der Waals surface area contributed by atoms with E-state index in [1.54, 1.807) is 30.6 Å². The van der Waals surface area contributed by atoms with Crippen molar-refractivity contribution in [3.8, 4) is 0 Å². The molecule has 0 saturated heterocycles. The molecule has 3 rings (SSSR count). The van der Waals surface area contributed by atoms with Crippen molar-refractivity contribution in [1.82, 2.24) is 9.97 Å². The zero-order valence-corrected chi connectivity index (χ0v) is 14.1. The molecule has 0 spiro atoms. The Labute approximate surface area is 151 Å². The monoisotopic (exact) mass is 345 g/mol. The molecule has 0 aliphatic heterocycles. The van der Waals surface area contributed by atoms with Gasteiger partial charge < -0.3 is 16.4 Å². The van der Waals surface area contributed by atoms with Crippen LogP contribution >= 0.6 is 0 Å². The highest BCUT2D eigenvalue weighted by atomic mass is 16.1. The highest BCUT2D eigenvalue weighted by Crippen LogP contribution is 2.16. The van der Waals surface area contributed by atoms with Crippen LogP contribution in [-0.2, 0) is 11.3 Å². The van der Waals surface area contributed by atoms with Gasteiger partial charge in [0.05, 0.1) is 11.4 Å². The Hall–Kier alpha value is -3.67. The zero-order chi connectivity index (χ0) is 18.2. The first-order valence-electron chi connectivity index (χ1n) is 8.13. The number of nitrogens with zero attached hydrogens (tertiary/aromatic N) is 2. The maximum atomic E-state index is 12.0. The third kappa shape index (κ3) is 4.91. The van der Waals surface area contributed by atoms with Crippen LogP contribution in [0.4, 0.5) is 17.2 Å². The van der Waals surface area contributed by atoms with Crippen LogP contribution in [0.25, 0.3) is 6.08 Å². The lowest BCUT2D eigenvalue weighted by Crippen LogP contribution is -2.09. The van der Waals surface area contributed by atoms with Crippen molar-refractivity contribution in [1.29, 1.82) is 0 Å². The number of rotatable bonds is 6. The number of nitrogens with one attached hydrogen (secondary N) is 2. The lowest BCUT2D eigenvalue weighted by atomic mass is 10.2. The summed E-state index contributed by atoms with van der Waals surface area (Å²) in [5.74, 6) is 0.509. The van der Waals surface area contributed by atoms with Crippen molar-refractivity contribution >= 4 is 29.2 Å². The average Bonchev–Trinajstić information content (AvgIpc) is 2.68. The van der Waals surface area contributed by atoms with E-state index in [0.717, 1.165) is 16.9 Å². The molecular formula is C20H19N5O. The Morgan fingerprint density at radius 2 is 1.96 bits per heavy atom. The van der Waals surface area contributed by atoms with Gasteiger partial charge in [0.1, 0.15) is 5.82 Å². The van der Waals surface area contributed by atoms with E-state index in [-0.39, 0.29) is 5.91 Å². The summed E-state index contributed by atoms with van der Waals surface area (Å²) in [4.78, 5) is 20.4. The summed E-state index contributed by atoms with van der Waals surface area (Å²) in [6.07, 6.45) is 8.40. The van der Waals surface area contributed by atoms with E-state index in [2.05, 4.69) is 20.6 Å². The molecule has 130 valence electrons. The van der Waals surface area contributed by atoms with Gasteiger partial charge in [0.15, 0.2) is 0 Å². The number of para-hydroxylation sites is 2. The van der Waals surface area contributed by atoms with Crippen molar-refractivity contribution < 1.29 is 4.79 Å². The SMILES string of the molecule is Nc1ccccc1NC(=O)/C=C/c1ccc(NCc2cccnc2)nc1. The van der Waals surface area contributed by atoms with Gasteiger partial charge >= 0.3 is 0 Å². The van der Waals surface area contributed by atoms with Crippen molar-refractivity contribution in [3.63, 3.8) is 0 Å². The molecule has 6 nitrogen and oxygen atoms in total. The molecule has 3 aromatic rings. The second kappa shape index (κ2) is 8.43. The molecular weight excluding hydrogens is 326 g/mol. The normalized spacial score (nSPS) is 10.6. The minimum Gasteiger partial charge on any atom is -0.397 e. The summed E-state index contributed by atoms with van der Waals surface area (Å²) in [6, 6.07) is 14.8. The van der Waals surface area contributed by atoms with Crippen molar-refractivity contribution in [2.75, 3.05) is 16.4 Å². The third-order valence-corrected chi connectivity index (χ3v) is 3.63. The first-order chi connectivity index (χ1) is 12.7. The van der Waals surface area contributed by atoms with Crippen LogP contribution in [0.3, 0.4) is 0 Å². The van der Waals surface area contributed by atoms with Gasteiger partial charge in [-0.15, -0.1) is 0 Å². The lowest BCUT2D eigenvalue weighted by molar-refractivity contribution is -0.111. The molecule has 6 heteroatoms. The van der Waals surface area contributed by atoms with E-state index >= 15 is 0 Å². The van der Waals surface area contributed by atoms with Crippen LogP contribution in [-0.4, -0.2) is 15.9 Å². The van der Waals surface area contributed by atoms with Crippen molar-refractivity contribution in [3.05, 3.63) is 84.3 Å². The Kier molecular flexibility index (Phi) is 5.57. The summed E-state index contributed by atoms with van der Waals surface area (Å²) in [5.41, 5.74) is 8.83. The van der Waals surface area contributed by atoms with Crippen LogP contribution in [0.2, 0.25) is 0 Å². The number of carbonyl (C=O) groups excluding carboxylic acids is 1. The number of carbonyl (C=O) groups is 1. The number of aromatic nitrogens is 2. The molecule has 0 bridgehead atoms. The second-order valence-corrected chi connectivity index (χ2v) is 5.60. The van der Waals surface area contributed by atoms with Gasteiger partial charge in [0, 0.05) is 31.2 Å². The number of hydrogen-bond donors (Lipinski definition) is 3. The van der Waals surface area contributed by atoms with Gasteiger partial charge in [0.25, 0.3) is 0 Å². The molecule has 0 fully saturated rings. The zero-order valence-electron chi connectivity index (χ0n) is 14.1. The Morgan fingerprint density at radius 1 is 1.08 bits per heavy atom. The number of pyridine rings is 2. The van der Waals surface area contributed by atoms with Gasteiger partial charge in [-0.1, -0.05) is 18.2 Å².